The summed E-state index contributed by atoms with van der Waals surface area (Å²) in [5.41, 5.74) is 1.04. The van der Waals surface area contributed by atoms with E-state index in [1.165, 1.54) is 0 Å². The molecule has 9 heteroatoms. The van der Waals surface area contributed by atoms with E-state index in [1.807, 2.05) is 22.9 Å². The molecule has 2 N–H and O–H groups in total. The topological polar surface area (TPSA) is 94.8 Å². The van der Waals surface area contributed by atoms with Crippen LogP contribution in [0, 0.1) is 0 Å². The van der Waals surface area contributed by atoms with Crippen LogP contribution in [0.15, 0.2) is 23.2 Å². The maximum atomic E-state index is 5.56. The monoisotopic (exact) mass is 372 g/mol. The van der Waals surface area contributed by atoms with E-state index in [0.717, 1.165) is 54.1 Å². The summed E-state index contributed by atoms with van der Waals surface area (Å²) in [5, 5.41) is 11.3. The molecule has 1 aromatic carbocycles. The first-order valence-electron chi connectivity index (χ1n) is 9.03. The lowest BCUT2D eigenvalue weighted by Gasteiger charge is -2.25. The van der Waals surface area contributed by atoms with Crippen molar-refractivity contribution in [3.8, 4) is 11.5 Å². The molecule has 0 fully saturated rings. The summed E-state index contributed by atoms with van der Waals surface area (Å²) in [7, 11) is 3.42. The predicted octanol–water partition coefficient (Wildman–Crippen LogP) is 0.833. The van der Waals surface area contributed by atoms with E-state index in [1.54, 1.807) is 14.2 Å². The summed E-state index contributed by atoms with van der Waals surface area (Å²) in [5.74, 6) is 4.08. The number of methoxy groups -OCH3 is 1. The van der Waals surface area contributed by atoms with Crippen LogP contribution in [0.5, 0.6) is 11.5 Å². The van der Waals surface area contributed by atoms with Gasteiger partial charge in [-0.05, 0) is 12.5 Å². The number of hydrogen-bond acceptors (Lipinski definition) is 6. The number of aryl methyl sites for hydroxylation is 1. The number of aromatic nitrogens is 3. The van der Waals surface area contributed by atoms with Crippen molar-refractivity contribution in [3.05, 3.63) is 35.4 Å². The molecule has 0 spiro atoms. The third-order valence-electron chi connectivity index (χ3n) is 4.66. The number of nitrogens with one attached hydrogen (secondary N) is 2. The lowest BCUT2D eigenvalue weighted by Crippen LogP contribution is -2.46. The zero-order valence-electron chi connectivity index (χ0n) is 15.6. The van der Waals surface area contributed by atoms with Gasteiger partial charge >= 0.3 is 0 Å². The van der Waals surface area contributed by atoms with Crippen LogP contribution in [0.1, 0.15) is 23.6 Å². The Morgan fingerprint density at radius 3 is 3.19 bits per heavy atom. The number of ether oxygens (including phenoxy) is 3. The minimum Gasteiger partial charge on any atom is -0.454 e. The summed E-state index contributed by atoms with van der Waals surface area (Å²) in [6.07, 6.45) is 1.85. The Bertz CT molecular complexity index is 834. The van der Waals surface area contributed by atoms with E-state index in [-0.39, 0.29) is 12.8 Å². The standard InChI is InChI=1S/C18H24N6O3/c1-19-18(20-8-12-4-3-5-14-17(12)27-11-26-14)21-13-6-7-16-22-15(10-25-2)23-24(16)9-13/h3-5,13H,6-11H2,1-2H3,(H2,19,20,21). The fraction of sp³-hybridized carbons (Fsp3) is 0.500. The second-order valence-electron chi connectivity index (χ2n) is 6.52. The first kappa shape index (κ1) is 17.6. The van der Waals surface area contributed by atoms with Crippen LogP contribution in [0.4, 0.5) is 0 Å². The average molecular weight is 372 g/mol. The van der Waals surface area contributed by atoms with Gasteiger partial charge in [0, 0.05) is 38.7 Å². The lowest BCUT2D eigenvalue weighted by atomic mass is 10.1. The molecule has 1 unspecified atom stereocenters. The van der Waals surface area contributed by atoms with Crippen molar-refractivity contribution in [1.82, 2.24) is 25.4 Å². The highest BCUT2D eigenvalue weighted by molar-refractivity contribution is 5.80. The normalized spacial score (nSPS) is 18.3. The van der Waals surface area contributed by atoms with Gasteiger partial charge in [0.15, 0.2) is 23.3 Å². The highest BCUT2D eigenvalue weighted by Gasteiger charge is 2.23. The Balaban J connectivity index is 1.35. The third-order valence-corrected chi connectivity index (χ3v) is 4.66. The van der Waals surface area contributed by atoms with Crippen molar-refractivity contribution < 1.29 is 14.2 Å². The van der Waals surface area contributed by atoms with E-state index in [0.29, 0.717) is 13.2 Å². The van der Waals surface area contributed by atoms with Crippen LogP contribution in [-0.4, -0.2) is 47.7 Å². The maximum Gasteiger partial charge on any atom is 0.231 e. The van der Waals surface area contributed by atoms with Gasteiger partial charge in [-0.15, -0.1) is 0 Å². The van der Waals surface area contributed by atoms with Gasteiger partial charge in [-0.3, -0.25) is 4.99 Å². The fourth-order valence-corrected chi connectivity index (χ4v) is 3.37. The second kappa shape index (κ2) is 7.83. The molecule has 4 rings (SSSR count). The SMILES string of the molecule is CN=C(NCc1cccc2c1OCO2)NC1CCc2nc(COC)nn2C1. The molecule has 2 aliphatic rings. The minimum absolute atomic E-state index is 0.238. The molecule has 144 valence electrons. The predicted molar refractivity (Wildman–Crippen MR) is 98.7 cm³/mol. The van der Waals surface area contributed by atoms with Crippen molar-refractivity contribution in [2.24, 2.45) is 4.99 Å². The van der Waals surface area contributed by atoms with Gasteiger partial charge < -0.3 is 24.8 Å². The molecule has 2 aromatic rings. The third kappa shape index (κ3) is 3.82. The van der Waals surface area contributed by atoms with Gasteiger partial charge in [-0.25, -0.2) is 9.67 Å². The highest BCUT2D eigenvalue weighted by Crippen LogP contribution is 2.35. The number of guanidine groups is 1. The van der Waals surface area contributed by atoms with Crippen LogP contribution < -0.4 is 20.1 Å². The summed E-state index contributed by atoms with van der Waals surface area (Å²) >= 11 is 0. The summed E-state index contributed by atoms with van der Waals surface area (Å²) < 4.78 is 18.1. The largest absolute Gasteiger partial charge is 0.454 e. The van der Waals surface area contributed by atoms with Crippen LogP contribution in [0.25, 0.3) is 0 Å². The van der Waals surface area contributed by atoms with Crippen LogP contribution in [0.3, 0.4) is 0 Å². The number of hydrogen-bond donors (Lipinski definition) is 2. The molecule has 0 radical (unpaired) electrons. The number of benzene rings is 1. The average Bonchev–Trinajstić information content (AvgIpc) is 3.31. The second-order valence-corrected chi connectivity index (χ2v) is 6.52. The smallest absolute Gasteiger partial charge is 0.231 e. The Morgan fingerprint density at radius 1 is 1.41 bits per heavy atom. The van der Waals surface area contributed by atoms with Crippen LogP contribution in [0.2, 0.25) is 0 Å². The van der Waals surface area contributed by atoms with E-state index in [9.17, 15) is 0 Å². The van der Waals surface area contributed by atoms with Gasteiger partial charge in [0.1, 0.15) is 12.4 Å². The van der Waals surface area contributed by atoms with Crippen LogP contribution >= 0.6 is 0 Å². The molecule has 0 bridgehead atoms. The van der Waals surface area contributed by atoms with Crippen molar-refractivity contribution in [1.29, 1.82) is 0 Å². The molecular weight excluding hydrogens is 348 g/mol. The Hall–Kier alpha value is -2.81. The maximum absolute atomic E-state index is 5.56. The quantitative estimate of drug-likeness (QED) is 0.593. The molecule has 0 amide bonds. The van der Waals surface area contributed by atoms with Gasteiger partial charge in [-0.2, -0.15) is 5.10 Å². The number of aliphatic imine (C=N–C) groups is 1. The number of rotatable bonds is 5. The zero-order valence-corrected chi connectivity index (χ0v) is 15.6. The van der Waals surface area contributed by atoms with E-state index >= 15 is 0 Å². The molecular formula is C18H24N6O3. The lowest BCUT2D eigenvalue weighted by molar-refractivity contribution is 0.173. The number of para-hydroxylation sites is 1. The molecule has 0 aliphatic carbocycles. The Kier molecular flexibility index (Phi) is 5.10. The van der Waals surface area contributed by atoms with Crippen molar-refractivity contribution in [2.45, 2.75) is 38.6 Å². The molecule has 0 saturated carbocycles. The van der Waals surface area contributed by atoms with Crippen molar-refractivity contribution >= 4 is 5.96 Å². The highest BCUT2D eigenvalue weighted by atomic mass is 16.7. The Morgan fingerprint density at radius 2 is 2.33 bits per heavy atom. The fourth-order valence-electron chi connectivity index (χ4n) is 3.37. The Labute approximate surface area is 157 Å². The number of fused-ring (bicyclic) bond motifs is 2. The van der Waals surface area contributed by atoms with Gasteiger partial charge in [-0.1, -0.05) is 12.1 Å². The first-order valence-corrected chi connectivity index (χ1v) is 9.03. The van der Waals surface area contributed by atoms with E-state index in [4.69, 9.17) is 14.2 Å². The molecule has 9 nitrogen and oxygen atoms in total. The van der Waals surface area contributed by atoms with Crippen molar-refractivity contribution in [3.63, 3.8) is 0 Å². The summed E-state index contributed by atoms with van der Waals surface area (Å²) in [4.78, 5) is 8.85. The van der Waals surface area contributed by atoms with E-state index < -0.39 is 0 Å². The summed E-state index contributed by atoms with van der Waals surface area (Å²) in [6.45, 7) is 2.07. The first-order chi connectivity index (χ1) is 13.3. The van der Waals surface area contributed by atoms with Gasteiger partial charge in [0.2, 0.25) is 6.79 Å². The molecule has 1 atom stereocenters. The molecule has 1 aromatic heterocycles. The molecule has 2 aliphatic heterocycles. The van der Waals surface area contributed by atoms with Crippen LogP contribution in [-0.2, 0) is 30.9 Å². The molecule has 3 heterocycles. The summed E-state index contributed by atoms with van der Waals surface area (Å²) in [6, 6.07) is 6.13. The number of nitrogens with zero attached hydrogens (tertiary/aromatic N) is 4. The molecule has 27 heavy (non-hydrogen) atoms. The minimum atomic E-state index is 0.238. The van der Waals surface area contributed by atoms with E-state index in [2.05, 4.69) is 25.7 Å². The van der Waals surface area contributed by atoms with Crippen molar-refractivity contribution in [2.75, 3.05) is 21.0 Å². The van der Waals surface area contributed by atoms with Gasteiger partial charge in [0.25, 0.3) is 0 Å². The zero-order chi connectivity index (χ0) is 18.6. The van der Waals surface area contributed by atoms with Gasteiger partial charge in [0.05, 0.1) is 6.54 Å². The molecule has 0 saturated heterocycles.